The number of aliphatic hydroxyl groups is 6. The fourth-order valence-corrected chi connectivity index (χ4v) is 9.34. The van der Waals surface area contributed by atoms with Crippen molar-refractivity contribution in [1.82, 2.24) is 0 Å². The minimum Gasteiger partial charge on any atom is -0.481 e. The number of hydrogen-bond acceptors (Lipinski definition) is 12. The average Bonchev–Trinajstić information content (AvgIpc) is 3.35. The van der Waals surface area contributed by atoms with Crippen LogP contribution in [0.25, 0.3) is 0 Å². The maximum Gasteiger partial charge on any atom is 0.309 e. The molecule has 0 saturated carbocycles. The quantitative estimate of drug-likeness (QED) is 0.110. The molecule has 0 radical (unpaired) electrons. The summed E-state index contributed by atoms with van der Waals surface area (Å²) in [6, 6.07) is 0. The molecule has 0 fully saturated rings. The largest absolute Gasteiger partial charge is 0.481 e. The van der Waals surface area contributed by atoms with E-state index in [4.69, 9.17) is 30.6 Å². The molecule has 78 heavy (non-hydrogen) atoms. The van der Waals surface area contributed by atoms with E-state index >= 15 is 0 Å². The lowest BCUT2D eigenvalue weighted by Crippen LogP contribution is -2.29. The second kappa shape index (κ2) is 34.2. The summed E-state index contributed by atoms with van der Waals surface area (Å²) in [6.45, 7) is 10.5. The third-order valence-electron chi connectivity index (χ3n) is 16.4. The Balaban J connectivity index is 0.000000468. The van der Waals surface area contributed by atoms with Gasteiger partial charge in [0.15, 0.2) is 0 Å². The van der Waals surface area contributed by atoms with E-state index in [-0.39, 0.29) is 0 Å². The van der Waals surface area contributed by atoms with Gasteiger partial charge in [-0.3, -0.25) is 28.8 Å². The molecule has 0 aromatic heterocycles. The van der Waals surface area contributed by atoms with E-state index in [9.17, 15) is 59.4 Å². The molecule has 6 rings (SSSR count). The maximum absolute atomic E-state index is 10.9. The van der Waals surface area contributed by atoms with Crippen LogP contribution in [0.15, 0.2) is 72.9 Å². The highest BCUT2D eigenvalue weighted by molar-refractivity contribution is 5.76. The Hall–Kier alpha value is -4.98. The summed E-state index contributed by atoms with van der Waals surface area (Å²) in [6.07, 6.45) is 33.8. The van der Waals surface area contributed by atoms with E-state index in [0.29, 0.717) is 116 Å². The number of rotatable bonds is 6. The van der Waals surface area contributed by atoms with Gasteiger partial charge < -0.3 is 61.3 Å². The van der Waals surface area contributed by atoms with Crippen LogP contribution >= 0.6 is 0 Å². The van der Waals surface area contributed by atoms with E-state index in [1.807, 2.05) is 36.5 Å². The van der Waals surface area contributed by atoms with Crippen molar-refractivity contribution in [3.8, 4) is 0 Å². The molecule has 18 nitrogen and oxygen atoms in total. The summed E-state index contributed by atoms with van der Waals surface area (Å²) < 4.78 is 0. The van der Waals surface area contributed by atoms with E-state index in [0.717, 1.165) is 38.5 Å². The normalized spacial score (nSPS) is 37.5. The van der Waals surface area contributed by atoms with Crippen LogP contribution in [0.1, 0.15) is 196 Å². The van der Waals surface area contributed by atoms with Crippen molar-refractivity contribution in [1.29, 1.82) is 0 Å². The summed E-state index contributed by atoms with van der Waals surface area (Å²) >= 11 is 0. The topological polar surface area (TPSA) is 345 Å². The van der Waals surface area contributed by atoms with Gasteiger partial charge in [-0.2, -0.15) is 0 Å². The van der Waals surface area contributed by atoms with Crippen LogP contribution < -0.4 is 0 Å². The summed E-state index contributed by atoms with van der Waals surface area (Å²) in [4.78, 5) is 65.7. The summed E-state index contributed by atoms with van der Waals surface area (Å²) in [5, 5.41) is 110. The molecule has 444 valence electrons. The Kier molecular flexibility index (Phi) is 31.2. The second-order valence-electron chi connectivity index (χ2n) is 23.6. The van der Waals surface area contributed by atoms with Crippen LogP contribution in [-0.4, -0.2) is 134 Å². The zero-order chi connectivity index (χ0) is 59.4. The van der Waals surface area contributed by atoms with Crippen LogP contribution in [-0.2, 0) is 28.8 Å². The first-order valence-corrected chi connectivity index (χ1v) is 27.8. The predicted octanol–water partition coefficient (Wildman–Crippen LogP) is 9.41. The Morgan fingerprint density at radius 3 is 0.474 bits per heavy atom. The number of aliphatic carboxylic acids is 6. The van der Waals surface area contributed by atoms with Gasteiger partial charge in [0.05, 0.1) is 69.1 Å². The number of allylic oxidation sites excluding steroid dienone is 6. The second-order valence-corrected chi connectivity index (χ2v) is 23.6. The van der Waals surface area contributed by atoms with Gasteiger partial charge in [-0.05, 0) is 196 Å². The lowest BCUT2D eigenvalue weighted by atomic mass is 9.79. The molecule has 6 aliphatic carbocycles. The SMILES string of the molecule is C[C@@]1(C(=O)O)CC/C=C/C(O)CC1.C[C@@]1(C(=O)O)CC/C=C/C(O)CC1.C[C@@]1(C(=O)O)CC/C=C\[C@H](O)CC1.C[C@]1(C(=O)O)CC/C=C/[C@@H](O)CC1.C[C@]1(C(=O)O)CC/C=C/[C@@H](O)CC1.C[C@]1(C(=O)O)CC/C=C\[C@@H](O)CC1. The van der Waals surface area contributed by atoms with E-state index in [2.05, 4.69) is 0 Å². The van der Waals surface area contributed by atoms with Crippen molar-refractivity contribution in [2.45, 2.75) is 232 Å². The molecule has 2 unspecified atom stereocenters. The van der Waals surface area contributed by atoms with E-state index in [1.165, 1.54) is 0 Å². The zero-order valence-electron chi connectivity index (χ0n) is 47.2. The molecule has 0 aliphatic heterocycles. The minimum atomic E-state index is -0.755. The van der Waals surface area contributed by atoms with Gasteiger partial charge in [0.1, 0.15) is 0 Å². The lowest BCUT2D eigenvalue weighted by molar-refractivity contribution is -0.150. The van der Waals surface area contributed by atoms with Gasteiger partial charge in [-0.1, -0.05) is 72.9 Å². The van der Waals surface area contributed by atoms with Gasteiger partial charge in [0, 0.05) is 0 Å². The Labute approximate surface area is 462 Å². The first-order valence-electron chi connectivity index (χ1n) is 27.8. The summed E-state index contributed by atoms with van der Waals surface area (Å²) in [5.41, 5.74) is -3.97. The number of carboxylic acid groups (broad SMARTS) is 6. The van der Waals surface area contributed by atoms with Crippen molar-refractivity contribution in [2.24, 2.45) is 32.5 Å². The van der Waals surface area contributed by atoms with Gasteiger partial charge in [-0.25, -0.2) is 0 Å². The van der Waals surface area contributed by atoms with Crippen LogP contribution in [0, 0.1) is 32.5 Å². The van der Waals surface area contributed by atoms with Gasteiger partial charge in [0.2, 0.25) is 0 Å². The first kappa shape index (κ1) is 71.0. The van der Waals surface area contributed by atoms with Gasteiger partial charge >= 0.3 is 35.8 Å². The molecular formula is C60H96O18. The average molecular weight is 1110 g/mol. The van der Waals surface area contributed by atoms with Crippen molar-refractivity contribution >= 4 is 35.8 Å². The lowest BCUT2D eigenvalue weighted by Gasteiger charge is -2.26. The molecular weight excluding hydrogens is 1010 g/mol. The molecule has 0 bridgehead atoms. The van der Waals surface area contributed by atoms with Crippen molar-refractivity contribution in [2.75, 3.05) is 0 Å². The van der Waals surface area contributed by atoms with Crippen molar-refractivity contribution in [3.63, 3.8) is 0 Å². The zero-order valence-corrected chi connectivity index (χ0v) is 47.2. The van der Waals surface area contributed by atoms with Crippen LogP contribution in [0.4, 0.5) is 0 Å². The highest BCUT2D eigenvalue weighted by Gasteiger charge is 2.37. The number of carboxylic acids is 6. The first-order chi connectivity index (χ1) is 36.3. The van der Waals surface area contributed by atoms with Gasteiger partial charge in [0.25, 0.3) is 0 Å². The molecule has 0 aromatic carbocycles. The van der Waals surface area contributed by atoms with Crippen molar-refractivity contribution in [3.05, 3.63) is 72.9 Å². The van der Waals surface area contributed by atoms with Crippen LogP contribution in [0.3, 0.4) is 0 Å². The van der Waals surface area contributed by atoms with E-state index in [1.54, 1.807) is 78.0 Å². The molecule has 12 N–H and O–H groups in total. The molecule has 0 heterocycles. The van der Waals surface area contributed by atoms with Gasteiger partial charge in [-0.15, -0.1) is 0 Å². The summed E-state index contributed by atoms with van der Waals surface area (Å²) in [5.74, 6) is -4.53. The van der Waals surface area contributed by atoms with Crippen LogP contribution in [0.5, 0.6) is 0 Å². The third-order valence-corrected chi connectivity index (χ3v) is 16.4. The van der Waals surface area contributed by atoms with E-state index < -0.39 is 105 Å². The third kappa shape index (κ3) is 26.3. The Morgan fingerprint density at radius 1 is 0.256 bits per heavy atom. The van der Waals surface area contributed by atoms with Crippen molar-refractivity contribution < 1.29 is 90.0 Å². The Morgan fingerprint density at radius 2 is 0.372 bits per heavy atom. The Bertz CT molecular complexity index is 1710. The number of hydrogen-bond donors (Lipinski definition) is 12. The molecule has 12 atom stereocenters. The standard InChI is InChI=1S/6C10H16O3/c6*1-10(9(12)13)6-3-2-4-8(11)5-7-10/h6*2,4,8,11H,3,5-7H2,1H3,(H,12,13)/b4*4-2+;2*4-2-/t2*8?,10-;4*8-,10+/m111110/s1. The number of aliphatic hydroxyl groups excluding tert-OH is 6. The fraction of sp³-hybridized carbons (Fsp3) is 0.700. The minimum absolute atomic E-state index is 0.473. The molecule has 0 saturated heterocycles. The summed E-state index contributed by atoms with van der Waals surface area (Å²) in [7, 11) is 0. The maximum atomic E-state index is 10.9. The number of carbonyl (C=O) groups is 6. The monoisotopic (exact) mass is 1100 g/mol. The molecule has 0 amide bonds. The van der Waals surface area contributed by atoms with Crippen LogP contribution in [0.2, 0.25) is 0 Å². The highest BCUT2D eigenvalue weighted by atomic mass is 16.4. The highest BCUT2D eigenvalue weighted by Crippen LogP contribution is 2.37. The molecule has 6 aliphatic rings. The molecule has 0 spiro atoms. The predicted molar refractivity (Wildman–Crippen MR) is 296 cm³/mol. The fourth-order valence-electron chi connectivity index (χ4n) is 9.34. The molecule has 18 heteroatoms. The smallest absolute Gasteiger partial charge is 0.309 e. The molecule has 0 aromatic rings.